The van der Waals surface area contributed by atoms with Gasteiger partial charge in [-0.3, -0.25) is 4.18 Å². The van der Waals surface area contributed by atoms with E-state index in [1.54, 1.807) is 6.92 Å². The van der Waals surface area contributed by atoms with Crippen LogP contribution in [0.15, 0.2) is 12.2 Å². The maximum absolute atomic E-state index is 11.0. The summed E-state index contributed by atoms with van der Waals surface area (Å²) >= 11 is 0. The van der Waals surface area contributed by atoms with Gasteiger partial charge in [0.15, 0.2) is 0 Å². The van der Waals surface area contributed by atoms with E-state index in [4.69, 9.17) is 13.8 Å². The number of rotatable bonds is 3. The van der Waals surface area contributed by atoms with Crippen molar-refractivity contribution in [3.05, 3.63) is 12.2 Å². The Morgan fingerprint density at radius 2 is 2.33 bits per heavy atom. The molecule has 0 aromatic carbocycles. The second kappa shape index (κ2) is 4.84. The van der Waals surface area contributed by atoms with Gasteiger partial charge in [-0.15, -0.1) is 0 Å². The normalized spacial score (nSPS) is 25.7. The van der Waals surface area contributed by atoms with Crippen LogP contribution in [-0.2, 0) is 13.7 Å². The van der Waals surface area contributed by atoms with Crippen LogP contribution in [0.1, 0.15) is 6.92 Å². The minimum atomic E-state index is -3.02. The molecule has 15 heavy (non-hydrogen) atoms. The molecule has 88 valence electrons. The molecule has 1 unspecified atom stereocenters. The van der Waals surface area contributed by atoms with Crippen molar-refractivity contribution in [3.8, 4) is 0 Å². The van der Waals surface area contributed by atoms with Crippen molar-refractivity contribution in [1.82, 2.24) is 0 Å². The monoisotopic (exact) mass is 238 g/mol. The van der Waals surface area contributed by atoms with Crippen LogP contribution in [0.25, 0.3) is 0 Å². The van der Waals surface area contributed by atoms with Crippen molar-refractivity contribution in [2.45, 2.75) is 13.0 Å². The summed E-state index contributed by atoms with van der Waals surface area (Å²) in [5, 5.41) is 0. The molecule has 7 heteroatoms. The van der Waals surface area contributed by atoms with E-state index in [1.165, 1.54) is 0 Å². The fourth-order valence-corrected chi connectivity index (χ4v) is 2.06. The first-order valence-electron chi connectivity index (χ1n) is 4.27. The molecule has 0 radical (unpaired) electrons. The summed E-state index contributed by atoms with van der Waals surface area (Å²) in [4.78, 5) is 11.0. The van der Waals surface area contributed by atoms with E-state index in [0.717, 1.165) is 0 Å². The van der Waals surface area contributed by atoms with Gasteiger partial charge in [0, 0.05) is 0 Å². The lowest BCUT2D eigenvalue weighted by Gasteiger charge is -2.17. The predicted octanol–water partition coefficient (Wildman–Crippen LogP) is 1.78. The highest BCUT2D eigenvalue weighted by molar-refractivity contribution is 8.20. The molecule has 0 spiro atoms. The fourth-order valence-electron chi connectivity index (χ4n) is 0.944. The summed E-state index contributed by atoms with van der Waals surface area (Å²) in [6, 6.07) is 0. The Balaban J connectivity index is 2.25. The van der Waals surface area contributed by atoms with Gasteiger partial charge in [-0.2, -0.15) is 0 Å². The van der Waals surface area contributed by atoms with Gasteiger partial charge < -0.3 is 18.6 Å². The van der Waals surface area contributed by atoms with E-state index >= 15 is 0 Å². The third kappa shape index (κ3) is 4.52. The van der Waals surface area contributed by atoms with Crippen LogP contribution >= 0.6 is 10.9 Å². The topological polar surface area (TPSA) is 85.2 Å². The molecule has 1 fully saturated rings. The van der Waals surface area contributed by atoms with Crippen molar-refractivity contribution in [1.29, 1.82) is 0 Å². The maximum Gasteiger partial charge on any atom is 0.508 e. The lowest BCUT2D eigenvalue weighted by atomic mass is 10.4. The number of hydrogen-bond acceptors (Lipinski definition) is 6. The highest BCUT2D eigenvalue weighted by Gasteiger charge is 2.35. The molecule has 1 aliphatic heterocycles. The Kier molecular flexibility index (Phi) is 3.97. The molecule has 1 atom stereocenters. The Bertz CT molecular complexity index is 264. The summed E-state index contributed by atoms with van der Waals surface area (Å²) in [6.45, 7) is 5.32. The van der Waals surface area contributed by atoms with E-state index in [9.17, 15) is 4.79 Å². The molecule has 1 aliphatic rings. The standard InChI is InChI=1S/C8H14O6S/c1-6(2)3-12-8(9)14-7-4-13-15(10,11)5-7/h7,10-11H,1,3-5H2,2H3. The van der Waals surface area contributed by atoms with Gasteiger partial charge in [0.25, 0.3) is 0 Å². The summed E-state index contributed by atoms with van der Waals surface area (Å²) in [5.41, 5.74) is 0.693. The fraction of sp³-hybridized carbons (Fsp3) is 0.625. The second-order valence-electron chi connectivity index (χ2n) is 3.29. The lowest BCUT2D eigenvalue weighted by molar-refractivity contribution is 0.0283. The van der Waals surface area contributed by atoms with E-state index in [0.29, 0.717) is 5.57 Å². The molecule has 0 aromatic rings. The molecule has 1 heterocycles. The van der Waals surface area contributed by atoms with Crippen LogP contribution in [0.2, 0.25) is 0 Å². The number of hydrogen-bond donors (Lipinski definition) is 2. The summed E-state index contributed by atoms with van der Waals surface area (Å²) < 4.78 is 32.2. The number of ether oxygens (including phenoxy) is 2. The van der Waals surface area contributed by atoms with Crippen LogP contribution in [-0.4, -0.2) is 40.3 Å². The molecule has 0 saturated carbocycles. The minimum absolute atomic E-state index is 0.0233. The van der Waals surface area contributed by atoms with Crippen LogP contribution in [0.4, 0.5) is 4.79 Å². The molecule has 6 nitrogen and oxygen atoms in total. The first kappa shape index (κ1) is 12.3. The molecule has 1 rings (SSSR count). The van der Waals surface area contributed by atoms with Crippen molar-refractivity contribution >= 4 is 17.0 Å². The molecular weight excluding hydrogens is 224 g/mol. The lowest BCUT2D eigenvalue weighted by Crippen LogP contribution is -2.22. The van der Waals surface area contributed by atoms with Gasteiger partial charge in [-0.1, -0.05) is 6.58 Å². The van der Waals surface area contributed by atoms with E-state index in [1.807, 2.05) is 0 Å². The van der Waals surface area contributed by atoms with Gasteiger partial charge in [-0.25, -0.2) is 4.79 Å². The van der Waals surface area contributed by atoms with Gasteiger partial charge in [-0.05, 0) is 12.5 Å². The van der Waals surface area contributed by atoms with Crippen LogP contribution in [0.5, 0.6) is 0 Å². The zero-order chi connectivity index (χ0) is 11.5. The largest absolute Gasteiger partial charge is 0.508 e. The average Bonchev–Trinajstić information content (AvgIpc) is 2.42. The van der Waals surface area contributed by atoms with Crippen LogP contribution in [0, 0.1) is 0 Å². The second-order valence-corrected chi connectivity index (χ2v) is 5.08. The Morgan fingerprint density at radius 1 is 1.67 bits per heavy atom. The maximum atomic E-state index is 11.0. The van der Waals surface area contributed by atoms with Gasteiger partial charge in [0.05, 0.1) is 16.6 Å². The number of carbonyl (C=O) groups is 1. The Hall–Kier alpha value is -0.760. The Labute approximate surface area is 89.4 Å². The highest BCUT2D eigenvalue weighted by atomic mass is 32.3. The van der Waals surface area contributed by atoms with Gasteiger partial charge >= 0.3 is 6.16 Å². The van der Waals surface area contributed by atoms with Crippen LogP contribution < -0.4 is 0 Å². The third-order valence-corrected chi connectivity index (χ3v) is 2.86. The van der Waals surface area contributed by atoms with E-state index in [-0.39, 0.29) is 19.0 Å². The van der Waals surface area contributed by atoms with Gasteiger partial charge in [0.1, 0.15) is 19.3 Å². The number of carbonyl (C=O) groups excluding carboxylic acids is 1. The summed E-state index contributed by atoms with van der Waals surface area (Å²) in [5.74, 6) is -0.102. The quantitative estimate of drug-likeness (QED) is 0.576. The molecule has 1 saturated heterocycles. The smallest absolute Gasteiger partial charge is 0.430 e. The van der Waals surface area contributed by atoms with Crippen molar-refractivity contribution in [2.24, 2.45) is 0 Å². The molecule has 2 N–H and O–H groups in total. The molecule has 0 bridgehead atoms. The van der Waals surface area contributed by atoms with E-state index < -0.39 is 23.1 Å². The molecule has 0 amide bonds. The minimum Gasteiger partial charge on any atom is -0.430 e. The molecule has 0 aromatic heterocycles. The van der Waals surface area contributed by atoms with Gasteiger partial charge in [0.2, 0.25) is 0 Å². The highest BCUT2D eigenvalue weighted by Crippen LogP contribution is 2.45. The first-order chi connectivity index (χ1) is 6.89. The summed E-state index contributed by atoms with van der Waals surface area (Å²) in [7, 11) is -3.02. The first-order valence-corrected chi connectivity index (χ1v) is 5.91. The Morgan fingerprint density at radius 3 is 2.80 bits per heavy atom. The zero-order valence-corrected chi connectivity index (χ0v) is 9.16. The van der Waals surface area contributed by atoms with Crippen molar-refractivity contribution in [3.63, 3.8) is 0 Å². The van der Waals surface area contributed by atoms with E-state index in [2.05, 4.69) is 15.5 Å². The van der Waals surface area contributed by atoms with Crippen LogP contribution in [0.3, 0.4) is 0 Å². The summed E-state index contributed by atoms with van der Waals surface area (Å²) in [6.07, 6.45) is -1.52. The SMILES string of the molecule is C=C(C)COC(=O)OC1COS(O)(O)C1. The van der Waals surface area contributed by atoms with Crippen molar-refractivity contribution in [2.75, 3.05) is 19.0 Å². The third-order valence-electron chi connectivity index (χ3n) is 1.54. The zero-order valence-electron chi connectivity index (χ0n) is 8.34. The van der Waals surface area contributed by atoms with Crippen molar-refractivity contribution < 1.29 is 27.6 Å². The predicted molar refractivity (Wildman–Crippen MR) is 54.7 cm³/mol. The molecule has 0 aliphatic carbocycles. The average molecular weight is 238 g/mol. The molecular formula is C8H14O6S.